The molecule has 1 N–H and O–H groups in total. The number of benzene rings is 1. The lowest BCUT2D eigenvalue weighted by molar-refractivity contribution is 0.198. The zero-order valence-corrected chi connectivity index (χ0v) is 12.0. The zero-order valence-electron chi connectivity index (χ0n) is 11.1. The van der Waals surface area contributed by atoms with Crippen molar-refractivity contribution >= 4 is 9.84 Å². The van der Waals surface area contributed by atoms with E-state index in [0.717, 1.165) is 6.26 Å². The average Bonchev–Trinajstić information content (AvgIpc) is 2.38. The summed E-state index contributed by atoms with van der Waals surface area (Å²) in [6, 6.07) is 9.53. The first-order valence-corrected chi connectivity index (χ1v) is 7.87. The highest BCUT2D eigenvalue weighted by Gasteiger charge is 2.09. The van der Waals surface area contributed by atoms with E-state index >= 15 is 0 Å². The largest absolute Gasteiger partial charge is 0.439 e. The number of hydrogen-bond donors (Lipinski definition) is 1. The number of rotatable bonds is 4. The highest BCUT2D eigenvalue weighted by Crippen LogP contribution is 2.23. The molecule has 1 heterocycles. The Morgan fingerprint density at radius 3 is 2.55 bits per heavy atom. The summed E-state index contributed by atoms with van der Waals surface area (Å²) in [6.45, 7) is 1.65. The molecule has 1 unspecified atom stereocenters. The Labute approximate surface area is 117 Å². The second-order valence-corrected chi connectivity index (χ2v) is 6.47. The third-order valence-electron chi connectivity index (χ3n) is 2.70. The number of nitrogens with zero attached hydrogens (tertiary/aromatic N) is 1. The van der Waals surface area contributed by atoms with Gasteiger partial charge in [-0.05, 0) is 36.8 Å². The van der Waals surface area contributed by atoms with Crippen LogP contribution in [0.2, 0.25) is 0 Å². The van der Waals surface area contributed by atoms with Gasteiger partial charge in [-0.25, -0.2) is 13.4 Å². The number of hydrogen-bond acceptors (Lipinski definition) is 5. The third-order valence-corrected chi connectivity index (χ3v) is 3.81. The number of sulfone groups is 1. The van der Waals surface area contributed by atoms with Crippen LogP contribution in [0.25, 0.3) is 0 Å². The second kappa shape index (κ2) is 5.60. The minimum Gasteiger partial charge on any atom is -0.439 e. The van der Waals surface area contributed by atoms with Crippen LogP contribution in [0.3, 0.4) is 0 Å². The molecule has 6 heteroatoms. The molecular weight excluding hydrogens is 278 g/mol. The van der Waals surface area contributed by atoms with Gasteiger partial charge in [-0.3, -0.25) is 0 Å². The lowest BCUT2D eigenvalue weighted by Gasteiger charge is -2.08. The lowest BCUT2D eigenvalue weighted by Crippen LogP contribution is -1.97. The number of pyridine rings is 1. The standard InChI is InChI=1S/C14H15NO4S/c1-10(16)11-6-7-14(15-9-11)19-12-4-3-5-13(8-12)20(2,17)18/h3-10,16H,1-2H3. The molecule has 0 bridgehead atoms. The molecular formula is C14H15NO4S. The van der Waals surface area contributed by atoms with E-state index in [0.29, 0.717) is 17.2 Å². The molecule has 1 aromatic carbocycles. The van der Waals surface area contributed by atoms with Gasteiger partial charge in [0.25, 0.3) is 0 Å². The van der Waals surface area contributed by atoms with E-state index in [2.05, 4.69) is 4.98 Å². The van der Waals surface area contributed by atoms with Gasteiger partial charge in [-0.15, -0.1) is 0 Å². The summed E-state index contributed by atoms with van der Waals surface area (Å²) in [5, 5.41) is 9.38. The fourth-order valence-corrected chi connectivity index (χ4v) is 2.24. The minimum absolute atomic E-state index is 0.190. The molecule has 0 aliphatic heterocycles. The van der Waals surface area contributed by atoms with Crippen molar-refractivity contribution in [3.63, 3.8) is 0 Å². The Balaban J connectivity index is 2.22. The molecule has 1 atom stereocenters. The molecule has 20 heavy (non-hydrogen) atoms. The van der Waals surface area contributed by atoms with Crippen molar-refractivity contribution < 1.29 is 18.3 Å². The Morgan fingerprint density at radius 1 is 1.25 bits per heavy atom. The van der Waals surface area contributed by atoms with Gasteiger partial charge < -0.3 is 9.84 Å². The van der Waals surface area contributed by atoms with Crippen LogP contribution >= 0.6 is 0 Å². The topological polar surface area (TPSA) is 76.5 Å². The van der Waals surface area contributed by atoms with E-state index in [9.17, 15) is 13.5 Å². The van der Waals surface area contributed by atoms with Crippen molar-refractivity contribution in [2.24, 2.45) is 0 Å². The average molecular weight is 293 g/mol. The number of aromatic nitrogens is 1. The van der Waals surface area contributed by atoms with Gasteiger partial charge in [0.05, 0.1) is 11.0 Å². The van der Waals surface area contributed by atoms with Crippen LogP contribution in [0, 0.1) is 0 Å². The monoisotopic (exact) mass is 293 g/mol. The molecule has 0 amide bonds. The first kappa shape index (κ1) is 14.5. The Morgan fingerprint density at radius 2 is 2.00 bits per heavy atom. The van der Waals surface area contributed by atoms with E-state index in [4.69, 9.17) is 4.74 Å². The van der Waals surface area contributed by atoms with Crippen molar-refractivity contribution in [1.82, 2.24) is 4.98 Å². The Hall–Kier alpha value is -1.92. The molecule has 5 nitrogen and oxygen atoms in total. The van der Waals surface area contributed by atoms with Crippen LogP contribution in [0.5, 0.6) is 11.6 Å². The molecule has 0 aliphatic carbocycles. The lowest BCUT2D eigenvalue weighted by atomic mass is 10.2. The van der Waals surface area contributed by atoms with Crippen LogP contribution in [-0.4, -0.2) is 24.8 Å². The van der Waals surface area contributed by atoms with E-state index in [-0.39, 0.29) is 4.90 Å². The molecule has 2 aromatic rings. The Bertz CT molecular complexity index is 693. The molecule has 106 valence electrons. The molecule has 0 saturated carbocycles. The van der Waals surface area contributed by atoms with Crippen molar-refractivity contribution in [3.8, 4) is 11.6 Å². The van der Waals surface area contributed by atoms with Gasteiger partial charge >= 0.3 is 0 Å². The summed E-state index contributed by atoms with van der Waals surface area (Å²) in [6.07, 6.45) is 2.06. The molecule has 0 aliphatic rings. The van der Waals surface area contributed by atoms with Crippen LogP contribution in [0.4, 0.5) is 0 Å². The molecule has 0 saturated heterocycles. The smallest absolute Gasteiger partial charge is 0.219 e. The molecule has 1 aromatic heterocycles. The SMILES string of the molecule is CC(O)c1ccc(Oc2cccc(S(C)(=O)=O)c2)nc1. The number of ether oxygens (including phenoxy) is 1. The fourth-order valence-electron chi connectivity index (χ4n) is 1.59. The Kier molecular flexibility index (Phi) is 4.06. The van der Waals surface area contributed by atoms with E-state index in [1.54, 1.807) is 31.2 Å². The van der Waals surface area contributed by atoms with E-state index < -0.39 is 15.9 Å². The maximum Gasteiger partial charge on any atom is 0.219 e. The summed E-state index contributed by atoms with van der Waals surface area (Å²) in [7, 11) is -3.27. The van der Waals surface area contributed by atoms with Crippen molar-refractivity contribution in [2.45, 2.75) is 17.9 Å². The number of aliphatic hydroxyl groups is 1. The van der Waals surface area contributed by atoms with E-state index in [1.165, 1.54) is 18.3 Å². The van der Waals surface area contributed by atoms with Crippen molar-refractivity contribution in [2.75, 3.05) is 6.26 Å². The molecule has 2 rings (SSSR count). The minimum atomic E-state index is -3.27. The second-order valence-electron chi connectivity index (χ2n) is 4.45. The van der Waals surface area contributed by atoms with Gasteiger partial charge in [0.1, 0.15) is 5.75 Å². The summed E-state index contributed by atoms with van der Waals surface area (Å²) < 4.78 is 28.4. The first-order valence-electron chi connectivity index (χ1n) is 5.98. The summed E-state index contributed by atoms with van der Waals surface area (Å²) in [4.78, 5) is 4.25. The highest BCUT2D eigenvalue weighted by molar-refractivity contribution is 7.90. The quantitative estimate of drug-likeness (QED) is 0.936. The predicted molar refractivity (Wildman–Crippen MR) is 74.5 cm³/mol. The van der Waals surface area contributed by atoms with Crippen LogP contribution in [0.1, 0.15) is 18.6 Å². The maximum atomic E-state index is 11.5. The summed E-state index contributed by atoms with van der Waals surface area (Å²) >= 11 is 0. The first-order chi connectivity index (χ1) is 9.36. The van der Waals surface area contributed by atoms with Gasteiger partial charge in [0, 0.05) is 18.5 Å². The zero-order chi connectivity index (χ0) is 14.8. The molecule has 0 fully saturated rings. The molecule has 0 spiro atoms. The summed E-state index contributed by atoms with van der Waals surface area (Å²) in [5.74, 6) is 0.727. The van der Waals surface area contributed by atoms with E-state index in [1.807, 2.05) is 0 Å². The van der Waals surface area contributed by atoms with Gasteiger partial charge in [-0.2, -0.15) is 0 Å². The highest BCUT2D eigenvalue weighted by atomic mass is 32.2. The van der Waals surface area contributed by atoms with Gasteiger partial charge in [0.15, 0.2) is 9.84 Å². The third kappa shape index (κ3) is 3.55. The number of aliphatic hydroxyl groups excluding tert-OH is 1. The van der Waals surface area contributed by atoms with Crippen molar-refractivity contribution in [1.29, 1.82) is 0 Å². The maximum absolute atomic E-state index is 11.5. The van der Waals surface area contributed by atoms with Crippen molar-refractivity contribution in [3.05, 3.63) is 48.2 Å². The normalized spacial score (nSPS) is 12.9. The van der Waals surface area contributed by atoms with Crippen LogP contribution in [0.15, 0.2) is 47.5 Å². The summed E-state index contributed by atoms with van der Waals surface area (Å²) in [5.41, 5.74) is 0.683. The molecule has 0 radical (unpaired) electrons. The fraction of sp³-hybridized carbons (Fsp3) is 0.214. The van der Waals surface area contributed by atoms with Crippen LogP contribution in [-0.2, 0) is 9.84 Å². The van der Waals surface area contributed by atoms with Crippen LogP contribution < -0.4 is 4.74 Å². The van der Waals surface area contributed by atoms with Gasteiger partial charge in [-0.1, -0.05) is 6.07 Å². The predicted octanol–water partition coefficient (Wildman–Crippen LogP) is 2.33. The van der Waals surface area contributed by atoms with Gasteiger partial charge in [0.2, 0.25) is 5.88 Å².